The summed E-state index contributed by atoms with van der Waals surface area (Å²) in [5.41, 5.74) is 5.95. The fourth-order valence-electron chi connectivity index (χ4n) is 3.26. The van der Waals surface area contributed by atoms with Gasteiger partial charge in [0.25, 0.3) is 11.8 Å². The van der Waals surface area contributed by atoms with Crippen LogP contribution >= 0.6 is 11.3 Å². The van der Waals surface area contributed by atoms with Crippen molar-refractivity contribution in [1.82, 2.24) is 4.90 Å². The number of ether oxygens (including phenoxy) is 1. The van der Waals surface area contributed by atoms with E-state index in [-0.39, 0.29) is 27.8 Å². The Bertz CT molecular complexity index is 911. The number of furan rings is 1. The van der Waals surface area contributed by atoms with Crippen LogP contribution in [0.1, 0.15) is 68.1 Å². The van der Waals surface area contributed by atoms with E-state index >= 15 is 0 Å². The Morgan fingerprint density at radius 3 is 2.66 bits per heavy atom. The van der Waals surface area contributed by atoms with E-state index in [1.54, 1.807) is 19.1 Å². The van der Waals surface area contributed by atoms with E-state index < -0.39 is 17.8 Å². The molecule has 0 aromatic carbocycles. The van der Waals surface area contributed by atoms with Crippen LogP contribution in [0.15, 0.2) is 16.5 Å². The van der Waals surface area contributed by atoms with Gasteiger partial charge in [-0.3, -0.25) is 14.5 Å². The summed E-state index contributed by atoms with van der Waals surface area (Å²) in [7, 11) is 0. The average molecular weight is 420 g/mol. The van der Waals surface area contributed by atoms with Crippen molar-refractivity contribution in [2.45, 2.75) is 39.7 Å². The molecule has 1 saturated heterocycles. The molecule has 0 bridgehead atoms. The molecule has 0 spiro atoms. The van der Waals surface area contributed by atoms with E-state index in [1.165, 1.54) is 12.8 Å². The van der Waals surface area contributed by atoms with Gasteiger partial charge in [-0.2, -0.15) is 0 Å². The Morgan fingerprint density at radius 2 is 2.00 bits per heavy atom. The Labute approximate surface area is 173 Å². The first-order valence-electron chi connectivity index (χ1n) is 9.63. The second-order valence-corrected chi connectivity index (χ2v) is 7.98. The molecule has 2 amide bonds. The highest BCUT2D eigenvalue weighted by atomic mass is 32.1. The molecule has 3 rings (SSSR count). The van der Waals surface area contributed by atoms with Crippen LogP contribution in [-0.4, -0.2) is 42.4 Å². The predicted octanol–water partition coefficient (Wildman–Crippen LogP) is 3.16. The van der Waals surface area contributed by atoms with Gasteiger partial charge in [0.2, 0.25) is 0 Å². The topological polar surface area (TPSA) is 115 Å². The van der Waals surface area contributed by atoms with Gasteiger partial charge in [0.05, 0.1) is 23.6 Å². The van der Waals surface area contributed by atoms with Crippen molar-refractivity contribution < 1.29 is 23.5 Å². The highest BCUT2D eigenvalue weighted by Crippen LogP contribution is 2.34. The number of esters is 1. The van der Waals surface area contributed by atoms with Gasteiger partial charge in [-0.25, -0.2) is 4.79 Å². The van der Waals surface area contributed by atoms with Crippen LogP contribution in [0.2, 0.25) is 0 Å². The summed E-state index contributed by atoms with van der Waals surface area (Å²) in [6.07, 6.45) is 3.00. The molecule has 29 heavy (non-hydrogen) atoms. The van der Waals surface area contributed by atoms with Gasteiger partial charge in [0.15, 0.2) is 5.76 Å². The van der Waals surface area contributed by atoms with Gasteiger partial charge in [0.1, 0.15) is 10.8 Å². The number of thiophene rings is 1. The van der Waals surface area contributed by atoms with E-state index in [0.717, 1.165) is 24.4 Å². The molecule has 2 aromatic rings. The number of amides is 2. The molecule has 0 aliphatic carbocycles. The second kappa shape index (κ2) is 9.23. The molecule has 0 unspecified atom stereocenters. The van der Waals surface area contributed by atoms with Crippen molar-refractivity contribution in [2.24, 2.45) is 5.73 Å². The van der Waals surface area contributed by atoms with Crippen LogP contribution < -0.4 is 11.1 Å². The van der Waals surface area contributed by atoms with Crippen molar-refractivity contribution in [3.8, 4) is 0 Å². The quantitative estimate of drug-likeness (QED) is 0.635. The van der Waals surface area contributed by atoms with Gasteiger partial charge in [-0.15, -0.1) is 11.3 Å². The lowest BCUT2D eigenvalue weighted by Gasteiger charge is -2.11. The van der Waals surface area contributed by atoms with Crippen LogP contribution in [0.25, 0.3) is 0 Å². The second-order valence-electron chi connectivity index (χ2n) is 6.96. The largest absolute Gasteiger partial charge is 0.462 e. The van der Waals surface area contributed by atoms with E-state index in [9.17, 15) is 14.4 Å². The monoisotopic (exact) mass is 419 g/mol. The van der Waals surface area contributed by atoms with Gasteiger partial charge in [-0.1, -0.05) is 6.92 Å². The maximum absolute atomic E-state index is 12.7. The lowest BCUT2D eigenvalue weighted by atomic mass is 10.1. The maximum Gasteiger partial charge on any atom is 0.341 e. The van der Waals surface area contributed by atoms with E-state index in [4.69, 9.17) is 14.9 Å². The Kier molecular flexibility index (Phi) is 6.71. The maximum atomic E-state index is 12.7. The molecule has 3 N–H and O–H groups in total. The highest BCUT2D eigenvalue weighted by molar-refractivity contribution is 7.18. The third-order valence-corrected chi connectivity index (χ3v) is 5.92. The number of hydrogen-bond donors (Lipinski definition) is 2. The number of nitrogens with zero attached hydrogens (tertiary/aromatic N) is 1. The zero-order valence-electron chi connectivity index (χ0n) is 16.6. The molecule has 9 heteroatoms. The van der Waals surface area contributed by atoms with Crippen molar-refractivity contribution in [2.75, 3.05) is 25.0 Å². The smallest absolute Gasteiger partial charge is 0.341 e. The van der Waals surface area contributed by atoms with Crippen LogP contribution in [0.4, 0.5) is 5.00 Å². The number of nitrogens with two attached hydrogens (primary N) is 1. The number of nitrogens with one attached hydrogen (secondary N) is 1. The Hall–Kier alpha value is -2.65. The van der Waals surface area contributed by atoms with Crippen LogP contribution in [0.3, 0.4) is 0 Å². The minimum Gasteiger partial charge on any atom is -0.462 e. The Morgan fingerprint density at radius 1 is 1.28 bits per heavy atom. The highest BCUT2D eigenvalue weighted by Gasteiger charge is 2.26. The predicted molar refractivity (Wildman–Crippen MR) is 109 cm³/mol. The molecule has 1 aliphatic rings. The van der Waals surface area contributed by atoms with Crippen molar-refractivity contribution in [1.29, 1.82) is 0 Å². The molecule has 8 nitrogen and oxygen atoms in total. The molecule has 3 heterocycles. The van der Waals surface area contributed by atoms with Crippen LogP contribution in [0, 0.1) is 6.92 Å². The summed E-state index contributed by atoms with van der Waals surface area (Å²) in [5.74, 6) is -0.918. The molecule has 0 atom stereocenters. The Balaban J connectivity index is 1.78. The first-order chi connectivity index (χ1) is 13.9. The summed E-state index contributed by atoms with van der Waals surface area (Å²) in [4.78, 5) is 39.3. The number of carbonyl (C=O) groups excluding carboxylic acids is 3. The van der Waals surface area contributed by atoms with Crippen molar-refractivity contribution >= 4 is 34.1 Å². The molecule has 2 aromatic heterocycles. The van der Waals surface area contributed by atoms with E-state index in [0.29, 0.717) is 24.3 Å². The fourth-order valence-corrected chi connectivity index (χ4v) is 4.30. The number of primary amides is 1. The lowest BCUT2D eigenvalue weighted by Crippen LogP contribution is -2.18. The zero-order chi connectivity index (χ0) is 21.0. The number of rotatable bonds is 8. The molecular formula is C20H25N3O5S. The minimum absolute atomic E-state index is 0.138. The summed E-state index contributed by atoms with van der Waals surface area (Å²) >= 11 is 0.955. The van der Waals surface area contributed by atoms with Gasteiger partial charge in [0, 0.05) is 0 Å². The number of anilines is 1. The van der Waals surface area contributed by atoms with E-state index in [1.807, 2.05) is 6.92 Å². The summed E-state index contributed by atoms with van der Waals surface area (Å²) in [6.45, 7) is 6.43. The number of likely N-dealkylation sites (tertiary alicyclic amines) is 1. The van der Waals surface area contributed by atoms with E-state index in [2.05, 4.69) is 10.2 Å². The first-order valence-corrected chi connectivity index (χ1v) is 10.4. The molecular weight excluding hydrogens is 394 g/mol. The summed E-state index contributed by atoms with van der Waals surface area (Å²) in [5, 5.41) is 2.89. The standard InChI is InChI=1S/C20H25N3O5S/c1-3-10-27-20(26)15-12(2)16(17(21)24)29-19(15)22-18(25)14-7-6-13(28-14)11-23-8-4-5-9-23/h6-7H,3-5,8-11H2,1-2H3,(H2,21,24)(H,22,25). The lowest BCUT2D eigenvalue weighted by molar-refractivity contribution is 0.0506. The van der Waals surface area contributed by atoms with Crippen molar-refractivity contribution in [3.05, 3.63) is 39.7 Å². The average Bonchev–Trinajstić information content (AvgIpc) is 3.41. The molecule has 0 radical (unpaired) electrons. The van der Waals surface area contributed by atoms with Crippen molar-refractivity contribution in [3.63, 3.8) is 0 Å². The third-order valence-electron chi connectivity index (χ3n) is 4.70. The SMILES string of the molecule is CCCOC(=O)c1c(NC(=O)c2ccc(CN3CCCC3)o2)sc(C(N)=O)c1C. The summed E-state index contributed by atoms with van der Waals surface area (Å²) in [6, 6.07) is 3.38. The number of carbonyl (C=O) groups is 3. The van der Waals surface area contributed by atoms with Gasteiger partial charge < -0.3 is 20.2 Å². The van der Waals surface area contributed by atoms with Gasteiger partial charge in [-0.05, 0) is 57.0 Å². The molecule has 1 aliphatic heterocycles. The normalized spacial score (nSPS) is 14.1. The number of hydrogen-bond acceptors (Lipinski definition) is 7. The molecule has 0 saturated carbocycles. The third kappa shape index (κ3) is 4.86. The molecule has 1 fully saturated rings. The minimum atomic E-state index is -0.663. The van der Waals surface area contributed by atoms with Crippen LogP contribution in [0.5, 0.6) is 0 Å². The van der Waals surface area contributed by atoms with Gasteiger partial charge >= 0.3 is 5.97 Å². The first kappa shape index (κ1) is 21.1. The molecule has 156 valence electrons. The zero-order valence-corrected chi connectivity index (χ0v) is 17.4. The van der Waals surface area contributed by atoms with Crippen LogP contribution in [-0.2, 0) is 11.3 Å². The fraction of sp³-hybridized carbons (Fsp3) is 0.450. The summed E-state index contributed by atoms with van der Waals surface area (Å²) < 4.78 is 10.9.